The molecular formula is C30H32F4N4O4. The zero-order valence-corrected chi connectivity index (χ0v) is 22.9. The SMILES string of the molecule is O=CC(OC1CCC(Nc2ccc([N+](=O)[O-])c(C(F)(F)F)c2)CC1)N1CCN(Cc2ccc3cc(F)ccc3c2)CC1. The number of carbonyl (C=O) groups is 1. The van der Waals surface area contributed by atoms with Crippen LogP contribution >= 0.6 is 0 Å². The van der Waals surface area contributed by atoms with Crippen molar-refractivity contribution in [2.24, 2.45) is 0 Å². The summed E-state index contributed by atoms with van der Waals surface area (Å²) in [6, 6.07) is 13.6. The quantitative estimate of drug-likeness (QED) is 0.142. The summed E-state index contributed by atoms with van der Waals surface area (Å²) in [6.07, 6.45) is -2.32. The number of rotatable bonds is 9. The first-order valence-electron chi connectivity index (χ1n) is 14.0. The molecule has 1 saturated heterocycles. The van der Waals surface area contributed by atoms with Crippen LogP contribution in [0.2, 0.25) is 0 Å². The summed E-state index contributed by atoms with van der Waals surface area (Å²) >= 11 is 0. The molecule has 1 aliphatic carbocycles. The summed E-state index contributed by atoms with van der Waals surface area (Å²) in [4.78, 5) is 26.2. The highest BCUT2D eigenvalue weighted by Crippen LogP contribution is 2.38. The maximum absolute atomic E-state index is 13.5. The third-order valence-electron chi connectivity index (χ3n) is 8.03. The summed E-state index contributed by atoms with van der Waals surface area (Å²) in [5.41, 5.74) is -0.937. The fourth-order valence-corrected chi connectivity index (χ4v) is 5.79. The molecule has 1 N–H and O–H groups in total. The fourth-order valence-electron chi connectivity index (χ4n) is 5.79. The van der Waals surface area contributed by atoms with Crippen molar-refractivity contribution in [3.8, 4) is 0 Å². The minimum absolute atomic E-state index is 0.111. The lowest BCUT2D eigenvalue weighted by atomic mass is 9.92. The van der Waals surface area contributed by atoms with Crippen molar-refractivity contribution in [3.63, 3.8) is 0 Å². The molecule has 3 aromatic carbocycles. The average Bonchev–Trinajstić information content (AvgIpc) is 2.97. The molecule has 1 atom stereocenters. The maximum atomic E-state index is 13.5. The van der Waals surface area contributed by atoms with Gasteiger partial charge in [0.05, 0.1) is 11.0 Å². The van der Waals surface area contributed by atoms with Crippen molar-refractivity contribution in [1.29, 1.82) is 0 Å². The van der Waals surface area contributed by atoms with Gasteiger partial charge in [0, 0.05) is 50.5 Å². The lowest BCUT2D eigenvalue weighted by molar-refractivity contribution is -0.388. The first-order valence-corrected chi connectivity index (χ1v) is 14.0. The molecule has 1 unspecified atom stereocenters. The highest BCUT2D eigenvalue weighted by atomic mass is 19.4. The first-order chi connectivity index (χ1) is 20.1. The number of carbonyl (C=O) groups excluding carboxylic acids is 1. The molecule has 0 aromatic heterocycles. The second-order valence-corrected chi connectivity index (χ2v) is 10.9. The standard InChI is InChI=1S/C30H32F4N4O4/c31-23-4-3-21-15-20(1-2-22(21)16-23)18-36-11-13-37(14-12-36)29(19-39)42-26-8-5-24(6-9-26)35-25-7-10-28(38(40)41)27(17-25)30(32,33)34/h1-4,7,10,15-17,19,24,26,29,35H,5-6,8-9,11-14,18H2. The van der Waals surface area contributed by atoms with Gasteiger partial charge in [-0.1, -0.05) is 18.2 Å². The van der Waals surface area contributed by atoms with Gasteiger partial charge in [-0.3, -0.25) is 24.7 Å². The van der Waals surface area contributed by atoms with Crippen LogP contribution < -0.4 is 5.32 Å². The van der Waals surface area contributed by atoms with Crippen molar-refractivity contribution in [2.75, 3.05) is 31.5 Å². The van der Waals surface area contributed by atoms with E-state index in [0.29, 0.717) is 38.8 Å². The Balaban J connectivity index is 1.09. The van der Waals surface area contributed by atoms with E-state index >= 15 is 0 Å². The van der Waals surface area contributed by atoms with E-state index in [1.54, 1.807) is 6.07 Å². The lowest BCUT2D eigenvalue weighted by Gasteiger charge is -2.39. The van der Waals surface area contributed by atoms with Crippen LogP contribution in [0.25, 0.3) is 10.8 Å². The number of nitrogens with zero attached hydrogens (tertiary/aromatic N) is 3. The molecular weight excluding hydrogens is 556 g/mol. The predicted octanol–water partition coefficient (Wildman–Crippen LogP) is 5.99. The van der Waals surface area contributed by atoms with Crippen LogP contribution in [0, 0.1) is 15.9 Å². The number of hydrogen-bond acceptors (Lipinski definition) is 7. The van der Waals surface area contributed by atoms with Gasteiger partial charge in [0.2, 0.25) is 0 Å². The highest BCUT2D eigenvalue weighted by Gasteiger charge is 2.38. The van der Waals surface area contributed by atoms with Gasteiger partial charge in [-0.25, -0.2) is 4.39 Å². The first kappa shape index (κ1) is 29.9. The largest absolute Gasteiger partial charge is 0.423 e. The normalized spacial score (nSPS) is 21.2. The number of anilines is 1. The van der Waals surface area contributed by atoms with E-state index in [-0.39, 0.29) is 23.7 Å². The van der Waals surface area contributed by atoms with Crippen LogP contribution in [0.4, 0.5) is 28.9 Å². The number of nitro groups is 1. The van der Waals surface area contributed by atoms with Gasteiger partial charge in [0.15, 0.2) is 12.5 Å². The molecule has 0 radical (unpaired) electrons. The molecule has 5 rings (SSSR count). The molecule has 0 amide bonds. The molecule has 1 heterocycles. The summed E-state index contributed by atoms with van der Waals surface area (Å²) in [5.74, 6) is -0.256. The number of ether oxygens (including phenoxy) is 1. The van der Waals surface area contributed by atoms with Gasteiger partial charge in [-0.15, -0.1) is 0 Å². The Morgan fingerprint density at radius 3 is 2.33 bits per heavy atom. The van der Waals surface area contributed by atoms with Gasteiger partial charge < -0.3 is 10.1 Å². The Labute approximate surface area is 240 Å². The second-order valence-electron chi connectivity index (χ2n) is 10.9. The van der Waals surface area contributed by atoms with E-state index in [4.69, 9.17) is 4.74 Å². The molecule has 12 heteroatoms. The molecule has 42 heavy (non-hydrogen) atoms. The van der Waals surface area contributed by atoms with Gasteiger partial charge in [-0.2, -0.15) is 13.2 Å². The van der Waals surface area contributed by atoms with Crippen LogP contribution in [-0.4, -0.2) is 65.6 Å². The van der Waals surface area contributed by atoms with Crippen molar-refractivity contribution < 1.29 is 32.0 Å². The number of aldehydes is 1. The van der Waals surface area contributed by atoms with E-state index in [2.05, 4.69) is 16.3 Å². The predicted molar refractivity (Wildman–Crippen MR) is 149 cm³/mol. The minimum Gasteiger partial charge on any atom is -0.382 e. The van der Waals surface area contributed by atoms with Crippen LogP contribution in [0.3, 0.4) is 0 Å². The Kier molecular flexibility index (Phi) is 9.05. The van der Waals surface area contributed by atoms with E-state index in [0.717, 1.165) is 54.4 Å². The van der Waals surface area contributed by atoms with Crippen molar-refractivity contribution in [1.82, 2.24) is 9.80 Å². The minimum atomic E-state index is -4.83. The molecule has 224 valence electrons. The maximum Gasteiger partial charge on any atom is 0.423 e. The van der Waals surface area contributed by atoms with Crippen LogP contribution in [-0.2, 0) is 22.3 Å². The Morgan fingerprint density at radius 1 is 0.976 bits per heavy atom. The molecule has 3 aromatic rings. The number of benzene rings is 3. The van der Waals surface area contributed by atoms with Gasteiger partial charge in [0.25, 0.3) is 5.69 Å². The number of nitrogens with one attached hydrogen (secondary N) is 1. The molecule has 2 aliphatic rings. The third kappa shape index (κ3) is 7.23. The zero-order chi connectivity index (χ0) is 29.9. The van der Waals surface area contributed by atoms with Crippen LogP contribution in [0.5, 0.6) is 0 Å². The molecule has 1 aliphatic heterocycles. The van der Waals surface area contributed by atoms with E-state index in [1.165, 1.54) is 18.2 Å². The smallest absolute Gasteiger partial charge is 0.382 e. The Bertz CT molecular complexity index is 1420. The zero-order valence-electron chi connectivity index (χ0n) is 22.9. The van der Waals surface area contributed by atoms with E-state index < -0.39 is 28.6 Å². The van der Waals surface area contributed by atoms with Gasteiger partial charge in [-0.05, 0) is 72.4 Å². The number of piperazine rings is 1. The molecule has 1 saturated carbocycles. The Hall–Kier alpha value is -3.61. The lowest BCUT2D eigenvalue weighted by Crippen LogP contribution is -2.52. The summed E-state index contributed by atoms with van der Waals surface area (Å²) in [6.45, 7) is 3.62. The summed E-state index contributed by atoms with van der Waals surface area (Å²) < 4.78 is 59.6. The van der Waals surface area contributed by atoms with Crippen LogP contribution in [0.1, 0.15) is 36.8 Å². The van der Waals surface area contributed by atoms with Gasteiger partial charge in [0.1, 0.15) is 11.4 Å². The van der Waals surface area contributed by atoms with Gasteiger partial charge >= 0.3 is 6.18 Å². The number of hydrogen-bond donors (Lipinski definition) is 1. The number of fused-ring (bicyclic) bond motifs is 1. The van der Waals surface area contributed by atoms with E-state index in [9.17, 15) is 32.5 Å². The average molecular weight is 589 g/mol. The number of nitro benzene ring substituents is 1. The van der Waals surface area contributed by atoms with Crippen LogP contribution in [0.15, 0.2) is 54.6 Å². The third-order valence-corrected chi connectivity index (χ3v) is 8.03. The van der Waals surface area contributed by atoms with Crippen molar-refractivity contribution in [2.45, 2.75) is 56.8 Å². The second kappa shape index (κ2) is 12.7. The monoisotopic (exact) mass is 588 g/mol. The number of alkyl halides is 3. The fraction of sp³-hybridized carbons (Fsp3) is 0.433. The van der Waals surface area contributed by atoms with E-state index in [1.807, 2.05) is 17.0 Å². The number of halogens is 4. The molecule has 2 fully saturated rings. The topological polar surface area (TPSA) is 87.9 Å². The Morgan fingerprint density at radius 2 is 1.67 bits per heavy atom. The summed E-state index contributed by atoms with van der Waals surface area (Å²) in [5, 5.41) is 15.9. The summed E-state index contributed by atoms with van der Waals surface area (Å²) in [7, 11) is 0. The molecule has 0 spiro atoms. The van der Waals surface area contributed by atoms with Crippen molar-refractivity contribution in [3.05, 3.63) is 81.7 Å². The molecule has 8 nitrogen and oxygen atoms in total. The van der Waals surface area contributed by atoms with Crippen molar-refractivity contribution >= 4 is 28.4 Å². The molecule has 0 bridgehead atoms. The highest BCUT2D eigenvalue weighted by molar-refractivity contribution is 5.83.